The molecule has 1 aromatic carbocycles. The molecule has 1 saturated carbocycles. The normalized spacial score (nSPS) is 30.5. The number of esters is 1. The summed E-state index contributed by atoms with van der Waals surface area (Å²) in [6.45, 7) is 3.88. The Labute approximate surface area is 143 Å². The number of methoxy groups -OCH3 is 1. The average Bonchev–Trinajstić information content (AvgIpc) is 3.25. The van der Waals surface area contributed by atoms with Gasteiger partial charge in [-0.2, -0.15) is 0 Å². The summed E-state index contributed by atoms with van der Waals surface area (Å²) in [4.78, 5) is 23.9. The number of benzene rings is 1. The molecule has 5 heteroatoms. The molecule has 1 heterocycles. The Hall–Kier alpha value is -1.59. The van der Waals surface area contributed by atoms with Crippen molar-refractivity contribution in [3.8, 4) is 5.75 Å². The first-order valence-corrected chi connectivity index (χ1v) is 8.72. The van der Waals surface area contributed by atoms with Gasteiger partial charge in [0, 0.05) is 6.42 Å². The summed E-state index contributed by atoms with van der Waals surface area (Å²) < 4.78 is 10.4. The number of hydrogen-bond donors (Lipinski definition) is 0. The fourth-order valence-corrected chi connectivity index (χ4v) is 3.98. The molecule has 1 saturated heterocycles. The van der Waals surface area contributed by atoms with Crippen LogP contribution in [0, 0.1) is 5.92 Å². The van der Waals surface area contributed by atoms with Gasteiger partial charge in [-0.15, -0.1) is 0 Å². The third-order valence-electron chi connectivity index (χ3n) is 5.27. The van der Waals surface area contributed by atoms with E-state index in [9.17, 15) is 4.79 Å². The van der Waals surface area contributed by atoms with Gasteiger partial charge in [-0.25, -0.2) is 14.6 Å². The van der Waals surface area contributed by atoms with Crippen LogP contribution in [0.1, 0.15) is 51.5 Å². The van der Waals surface area contributed by atoms with Crippen molar-refractivity contribution in [1.29, 1.82) is 0 Å². The smallest absolute Gasteiger partial charge is 0.341 e. The minimum absolute atomic E-state index is 0.330. The van der Waals surface area contributed by atoms with E-state index in [2.05, 4.69) is 0 Å². The zero-order valence-corrected chi connectivity index (χ0v) is 14.7. The molecule has 2 unspecified atom stereocenters. The molecule has 0 aromatic heterocycles. The van der Waals surface area contributed by atoms with Crippen LogP contribution in [-0.2, 0) is 24.9 Å². The lowest BCUT2D eigenvalue weighted by Gasteiger charge is -2.33. The lowest BCUT2D eigenvalue weighted by atomic mass is 9.74. The molecule has 3 rings (SSSR count). The summed E-state index contributed by atoms with van der Waals surface area (Å²) in [6.07, 6.45) is 4.99. The van der Waals surface area contributed by atoms with Gasteiger partial charge in [0.05, 0.1) is 13.7 Å². The number of hydrogen-bond acceptors (Lipinski definition) is 5. The van der Waals surface area contributed by atoms with Gasteiger partial charge < -0.3 is 9.47 Å². The predicted molar refractivity (Wildman–Crippen MR) is 88.5 cm³/mol. The van der Waals surface area contributed by atoms with Crippen molar-refractivity contribution in [1.82, 2.24) is 0 Å². The van der Waals surface area contributed by atoms with Crippen LogP contribution in [0.15, 0.2) is 24.3 Å². The summed E-state index contributed by atoms with van der Waals surface area (Å²) in [7, 11) is 1.65. The van der Waals surface area contributed by atoms with E-state index in [-0.39, 0.29) is 5.97 Å². The molecular weight excluding hydrogens is 308 g/mol. The third kappa shape index (κ3) is 2.91. The molecule has 0 bridgehead atoms. The monoisotopic (exact) mass is 334 g/mol. The van der Waals surface area contributed by atoms with Crippen molar-refractivity contribution in [3.05, 3.63) is 29.8 Å². The molecule has 1 aliphatic heterocycles. The van der Waals surface area contributed by atoms with Crippen molar-refractivity contribution in [2.45, 2.75) is 57.2 Å². The number of ether oxygens (including phenoxy) is 2. The first-order valence-electron chi connectivity index (χ1n) is 8.72. The first-order chi connectivity index (χ1) is 11.5. The van der Waals surface area contributed by atoms with Gasteiger partial charge in [-0.3, -0.25) is 0 Å². The highest BCUT2D eigenvalue weighted by molar-refractivity contribution is 5.79. The summed E-state index contributed by atoms with van der Waals surface area (Å²) in [5.74, 6) is 0.771. The first kappa shape index (κ1) is 17.2. The standard InChI is InChI=1S/C19H26O5/c1-4-22-17(20)18(2)13-19(24-23-18,14-7-5-6-8-14)15-9-11-16(21-3)12-10-15/h9-12,14H,4-8,13H2,1-3H3. The number of carbonyl (C=O) groups excluding carboxylic acids is 1. The molecule has 2 fully saturated rings. The second kappa shape index (κ2) is 6.73. The van der Waals surface area contributed by atoms with Gasteiger partial charge in [-0.05, 0) is 50.3 Å². The third-order valence-corrected chi connectivity index (χ3v) is 5.27. The molecule has 0 N–H and O–H groups in total. The fraction of sp³-hybridized carbons (Fsp3) is 0.632. The van der Waals surface area contributed by atoms with Crippen molar-refractivity contribution < 1.29 is 24.0 Å². The molecular formula is C19H26O5. The van der Waals surface area contributed by atoms with Crippen LogP contribution in [0.4, 0.5) is 0 Å². The van der Waals surface area contributed by atoms with E-state index in [1.807, 2.05) is 24.3 Å². The molecule has 2 aliphatic rings. The average molecular weight is 334 g/mol. The summed E-state index contributed by atoms with van der Waals surface area (Å²) in [6, 6.07) is 7.87. The van der Waals surface area contributed by atoms with Crippen LogP contribution in [0.2, 0.25) is 0 Å². The van der Waals surface area contributed by atoms with E-state index in [1.165, 1.54) is 12.8 Å². The van der Waals surface area contributed by atoms with Crippen LogP contribution >= 0.6 is 0 Å². The SMILES string of the molecule is CCOC(=O)C1(C)CC(c2ccc(OC)cc2)(C2CCCC2)OO1. The maximum absolute atomic E-state index is 12.4. The summed E-state index contributed by atoms with van der Waals surface area (Å²) in [5.41, 5.74) is -0.647. The van der Waals surface area contributed by atoms with Crippen LogP contribution in [0.3, 0.4) is 0 Å². The van der Waals surface area contributed by atoms with Crippen LogP contribution < -0.4 is 4.74 Å². The molecule has 0 radical (unpaired) electrons. The Balaban J connectivity index is 1.94. The van der Waals surface area contributed by atoms with Crippen LogP contribution in [0.25, 0.3) is 0 Å². The topological polar surface area (TPSA) is 54.0 Å². The molecule has 2 atom stereocenters. The molecule has 24 heavy (non-hydrogen) atoms. The summed E-state index contributed by atoms with van der Waals surface area (Å²) in [5, 5.41) is 0. The minimum atomic E-state index is -1.07. The molecule has 1 aromatic rings. The van der Waals surface area contributed by atoms with Crippen molar-refractivity contribution >= 4 is 5.97 Å². The number of carbonyl (C=O) groups is 1. The maximum atomic E-state index is 12.4. The van der Waals surface area contributed by atoms with Gasteiger partial charge in [0.15, 0.2) is 0 Å². The maximum Gasteiger partial charge on any atom is 0.341 e. The highest BCUT2D eigenvalue weighted by Gasteiger charge is 2.58. The van der Waals surface area contributed by atoms with Crippen molar-refractivity contribution in [3.63, 3.8) is 0 Å². The molecule has 5 nitrogen and oxygen atoms in total. The molecule has 132 valence electrons. The second-order valence-electron chi connectivity index (χ2n) is 6.89. The second-order valence-corrected chi connectivity index (χ2v) is 6.89. The zero-order chi connectivity index (χ0) is 17.2. The van der Waals surface area contributed by atoms with Gasteiger partial charge in [0.2, 0.25) is 5.60 Å². The van der Waals surface area contributed by atoms with Gasteiger partial charge in [0.25, 0.3) is 0 Å². The molecule has 0 amide bonds. The Kier molecular flexibility index (Phi) is 4.83. The van der Waals surface area contributed by atoms with Gasteiger partial charge in [-0.1, -0.05) is 25.0 Å². The highest BCUT2D eigenvalue weighted by Crippen LogP contribution is 2.53. The lowest BCUT2D eigenvalue weighted by molar-refractivity contribution is -0.356. The molecule has 0 spiro atoms. The van der Waals surface area contributed by atoms with E-state index < -0.39 is 11.2 Å². The van der Waals surface area contributed by atoms with E-state index in [4.69, 9.17) is 19.2 Å². The van der Waals surface area contributed by atoms with Crippen LogP contribution in [0.5, 0.6) is 5.75 Å². The lowest BCUT2D eigenvalue weighted by Crippen LogP contribution is -2.40. The Bertz CT molecular complexity index is 578. The number of rotatable bonds is 5. The Morgan fingerprint density at radius 1 is 1.21 bits per heavy atom. The highest BCUT2D eigenvalue weighted by atomic mass is 17.2. The Morgan fingerprint density at radius 3 is 2.46 bits per heavy atom. The Morgan fingerprint density at radius 2 is 1.88 bits per heavy atom. The van der Waals surface area contributed by atoms with Crippen molar-refractivity contribution in [2.75, 3.05) is 13.7 Å². The van der Waals surface area contributed by atoms with Gasteiger partial charge >= 0.3 is 5.97 Å². The molecule has 1 aliphatic carbocycles. The summed E-state index contributed by atoms with van der Waals surface area (Å²) >= 11 is 0. The zero-order valence-electron chi connectivity index (χ0n) is 14.7. The quantitative estimate of drug-likeness (QED) is 0.606. The van der Waals surface area contributed by atoms with E-state index >= 15 is 0 Å². The van der Waals surface area contributed by atoms with Crippen LogP contribution in [-0.4, -0.2) is 25.3 Å². The van der Waals surface area contributed by atoms with E-state index in [0.717, 1.165) is 24.2 Å². The van der Waals surface area contributed by atoms with Gasteiger partial charge in [0.1, 0.15) is 11.4 Å². The fourth-order valence-electron chi connectivity index (χ4n) is 3.98. The largest absolute Gasteiger partial charge is 0.497 e. The minimum Gasteiger partial charge on any atom is -0.497 e. The van der Waals surface area contributed by atoms with Crippen molar-refractivity contribution in [2.24, 2.45) is 5.92 Å². The van der Waals surface area contributed by atoms with E-state index in [0.29, 0.717) is 18.9 Å². The predicted octanol–water partition coefficient (Wildman–Crippen LogP) is 3.75. The van der Waals surface area contributed by atoms with E-state index in [1.54, 1.807) is 21.0 Å².